The fraction of sp³-hybridized carbons (Fsp3) is 0.696. The summed E-state index contributed by atoms with van der Waals surface area (Å²) in [6.45, 7) is 10.7. The van der Waals surface area contributed by atoms with E-state index in [9.17, 15) is 0 Å². The van der Waals surface area contributed by atoms with Gasteiger partial charge in [0.15, 0.2) is 0 Å². The minimum Gasteiger partial charge on any atom is -0.496 e. The zero-order valence-corrected chi connectivity index (χ0v) is 18.1. The molecular formula is C23H38N2O2. The van der Waals surface area contributed by atoms with E-state index < -0.39 is 0 Å². The van der Waals surface area contributed by atoms with Gasteiger partial charge in [0.1, 0.15) is 5.75 Å². The van der Waals surface area contributed by atoms with E-state index in [0.29, 0.717) is 6.10 Å². The van der Waals surface area contributed by atoms with Crippen LogP contribution >= 0.6 is 0 Å². The molecular weight excluding hydrogens is 336 g/mol. The molecule has 0 amide bonds. The number of hydrogen-bond acceptors (Lipinski definition) is 3. The van der Waals surface area contributed by atoms with E-state index >= 15 is 0 Å². The van der Waals surface area contributed by atoms with Gasteiger partial charge in [-0.3, -0.25) is 0 Å². The molecule has 0 radical (unpaired) electrons. The first-order valence-electron chi connectivity index (χ1n) is 10.5. The van der Waals surface area contributed by atoms with Crippen molar-refractivity contribution in [1.29, 1.82) is 0 Å². The van der Waals surface area contributed by atoms with Crippen LogP contribution in [0.25, 0.3) is 0 Å². The fourth-order valence-corrected chi connectivity index (χ4v) is 4.03. The second-order valence-electron chi connectivity index (χ2n) is 8.28. The number of ether oxygens (including phenoxy) is 2. The molecule has 1 saturated carbocycles. The van der Waals surface area contributed by atoms with Crippen LogP contribution in [0.15, 0.2) is 17.1 Å². The monoisotopic (exact) mass is 374 g/mol. The summed E-state index contributed by atoms with van der Waals surface area (Å²) in [7, 11) is 3.76. The highest BCUT2D eigenvalue weighted by atomic mass is 16.5. The SMILES string of the molecule is CCN(C)C=Nc1cc(OC)c(CCCOC2CC(C)CC(C)C2)cc1C. The topological polar surface area (TPSA) is 34.1 Å². The molecule has 4 nitrogen and oxygen atoms in total. The van der Waals surface area contributed by atoms with Crippen molar-refractivity contribution in [2.24, 2.45) is 16.8 Å². The van der Waals surface area contributed by atoms with E-state index in [2.05, 4.69) is 49.7 Å². The first kappa shape index (κ1) is 21.7. The molecule has 152 valence electrons. The quantitative estimate of drug-likeness (QED) is 0.330. The Kier molecular flexibility index (Phi) is 8.62. The molecule has 0 bridgehead atoms. The van der Waals surface area contributed by atoms with Gasteiger partial charge in [0.05, 0.1) is 25.2 Å². The van der Waals surface area contributed by atoms with Gasteiger partial charge in [0.2, 0.25) is 0 Å². The van der Waals surface area contributed by atoms with Crippen LogP contribution < -0.4 is 4.74 Å². The lowest BCUT2D eigenvalue weighted by Gasteiger charge is -2.31. The average molecular weight is 375 g/mol. The minimum absolute atomic E-state index is 0.444. The Morgan fingerprint density at radius 1 is 1.19 bits per heavy atom. The number of hydrogen-bond donors (Lipinski definition) is 0. The highest BCUT2D eigenvalue weighted by Crippen LogP contribution is 2.31. The zero-order chi connectivity index (χ0) is 19.8. The van der Waals surface area contributed by atoms with E-state index in [1.165, 1.54) is 30.4 Å². The molecule has 0 saturated heterocycles. The zero-order valence-electron chi connectivity index (χ0n) is 18.1. The summed E-state index contributed by atoms with van der Waals surface area (Å²) in [5.41, 5.74) is 3.39. The van der Waals surface area contributed by atoms with Gasteiger partial charge in [-0.2, -0.15) is 0 Å². The largest absolute Gasteiger partial charge is 0.496 e. The predicted octanol–water partition coefficient (Wildman–Crippen LogP) is 5.39. The Labute approximate surface area is 166 Å². The highest BCUT2D eigenvalue weighted by Gasteiger charge is 2.24. The molecule has 1 aliphatic rings. The summed E-state index contributed by atoms with van der Waals surface area (Å²) >= 11 is 0. The molecule has 1 aromatic carbocycles. The Hall–Kier alpha value is -1.55. The van der Waals surface area contributed by atoms with Crippen molar-refractivity contribution in [2.45, 2.75) is 65.9 Å². The van der Waals surface area contributed by atoms with E-state index in [4.69, 9.17) is 9.47 Å². The van der Waals surface area contributed by atoms with Crippen LogP contribution in [0, 0.1) is 18.8 Å². The maximum absolute atomic E-state index is 6.18. The Morgan fingerprint density at radius 3 is 2.52 bits per heavy atom. The van der Waals surface area contributed by atoms with Gasteiger partial charge in [0, 0.05) is 26.3 Å². The maximum Gasteiger partial charge on any atom is 0.124 e. The Balaban J connectivity index is 1.90. The number of methoxy groups -OCH3 is 1. The molecule has 1 fully saturated rings. The molecule has 2 rings (SSSR count). The van der Waals surface area contributed by atoms with Crippen molar-refractivity contribution in [2.75, 3.05) is 27.3 Å². The maximum atomic E-state index is 6.18. The fourth-order valence-electron chi connectivity index (χ4n) is 4.03. The van der Waals surface area contributed by atoms with Gasteiger partial charge < -0.3 is 14.4 Å². The summed E-state index contributed by atoms with van der Waals surface area (Å²) in [5, 5.41) is 0. The van der Waals surface area contributed by atoms with Crippen LogP contribution in [0.5, 0.6) is 5.75 Å². The second-order valence-corrected chi connectivity index (χ2v) is 8.28. The molecule has 1 aliphatic carbocycles. The molecule has 27 heavy (non-hydrogen) atoms. The normalized spacial score (nSPS) is 23.0. The summed E-state index contributed by atoms with van der Waals surface area (Å²) in [6, 6.07) is 4.26. The van der Waals surface area contributed by atoms with Gasteiger partial charge in [0.25, 0.3) is 0 Å². The lowest BCUT2D eigenvalue weighted by molar-refractivity contribution is 0.000121. The predicted molar refractivity (Wildman–Crippen MR) is 114 cm³/mol. The van der Waals surface area contributed by atoms with Crippen molar-refractivity contribution in [3.8, 4) is 5.75 Å². The van der Waals surface area contributed by atoms with Crippen molar-refractivity contribution < 1.29 is 9.47 Å². The highest BCUT2D eigenvalue weighted by molar-refractivity contribution is 5.64. The molecule has 0 aliphatic heterocycles. The summed E-state index contributed by atoms with van der Waals surface area (Å²) < 4.78 is 11.8. The van der Waals surface area contributed by atoms with Gasteiger partial charge in [-0.25, -0.2) is 4.99 Å². The van der Waals surface area contributed by atoms with Crippen LogP contribution in [0.3, 0.4) is 0 Å². The lowest BCUT2D eigenvalue weighted by Crippen LogP contribution is -2.26. The molecule has 4 heteroatoms. The minimum atomic E-state index is 0.444. The Bertz CT molecular complexity index is 605. The summed E-state index contributed by atoms with van der Waals surface area (Å²) in [4.78, 5) is 6.65. The summed E-state index contributed by atoms with van der Waals surface area (Å²) in [5.74, 6) is 2.51. The van der Waals surface area contributed by atoms with Gasteiger partial charge >= 0.3 is 0 Å². The van der Waals surface area contributed by atoms with Crippen LogP contribution in [0.1, 0.15) is 57.6 Å². The molecule has 0 heterocycles. The van der Waals surface area contributed by atoms with E-state index in [1.54, 1.807) is 7.11 Å². The van der Waals surface area contributed by atoms with Gasteiger partial charge in [-0.05, 0) is 68.9 Å². The van der Waals surface area contributed by atoms with E-state index in [0.717, 1.165) is 49.3 Å². The van der Waals surface area contributed by atoms with E-state index in [-0.39, 0.29) is 0 Å². The van der Waals surface area contributed by atoms with Crippen LogP contribution in [0.2, 0.25) is 0 Å². The van der Waals surface area contributed by atoms with Crippen molar-refractivity contribution in [3.05, 3.63) is 23.3 Å². The molecule has 1 aromatic rings. The standard InChI is InChI=1S/C23H38N2O2/c1-7-25(5)16-24-22-15-23(26-6)20(14-19(22)4)9-8-10-27-21-12-17(2)11-18(3)13-21/h14-18,21H,7-13H2,1-6H3. The Morgan fingerprint density at radius 2 is 1.89 bits per heavy atom. The number of aliphatic imine (C=N–C) groups is 1. The van der Waals surface area contributed by atoms with Crippen molar-refractivity contribution in [1.82, 2.24) is 4.90 Å². The molecule has 2 atom stereocenters. The molecule has 0 spiro atoms. The number of rotatable bonds is 9. The number of nitrogens with zero attached hydrogens (tertiary/aromatic N) is 2. The van der Waals surface area contributed by atoms with Crippen LogP contribution in [-0.2, 0) is 11.2 Å². The molecule has 2 unspecified atom stereocenters. The smallest absolute Gasteiger partial charge is 0.124 e. The summed E-state index contributed by atoms with van der Waals surface area (Å²) in [6.07, 6.45) is 8.09. The number of benzene rings is 1. The van der Waals surface area contributed by atoms with E-state index in [1.807, 2.05) is 13.4 Å². The van der Waals surface area contributed by atoms with Gasteiger partial charge in [-0.1, -0.05) is 19.9 Å². The third-order valence-electron chi connectivity index (χ3n) is 5.57. The second kappa shape index (κ2) is 10.7. The molecule has 0 aromatic heterocycles. The third-order valence-corrected chi connectivity index (χ3v) is 5.57. The van der Waals surface area contributed by atoms with Gasteiger partial charge in [-0.15, -0.1) is 0 Å². The molecule has 0 N–H and O–H groups in total. The average Bonchev–Trinajstić information content (AvgIpc) is 2.63. The van der Waals surface area contributed by atoms with Crippen LogP contribution in [-0.4, -0.2) is 44.7 Å². The number of aryl methyl sites for hydroxylation is 2. The lowest BCUT2D eigenvalue weighted by atomic mass is 9.82. The van der Waals surface area contributed by atoms with Crippen molar-refractivity contribution in [3.63, 3.8) is 0 Å². The van der Waals surface area contributed by atoms with Crippen molar-refractivity contribution >= 4 is 12.0 Å². The first-order valence-corrected chi connectivity index (χ1v) is 10.5. The first-order chi connectivity index (χ1) is 12.9. The van der Waals surface area contributed by atoms with Crippen LogP contribution in [0.4, 0.5) is 5.69 Å². The third kappa shape index (κ3) is 6.84.